The van der Waals surface area contributed by atoms with Crippen molar-refractivity contribution in [2.45, 2.75) is 6.04 Å². The van der Waals surface area contributed by atoms with Crippen LogP contribution in [0.4, 0.5) is 5.69 Å². The van der Waals surface area contributed by atoms with Crippen LogP contribution in [0.25, 0.3) is 10.9 Å². The molecular weight excluding hydrogens is 350 g/mol. The summed E-state index contributed by atoms with van der Waals surface area (Å²) in [6.07, 6.45) is 0. The zero-order valence-electron chi connectivity index (χ0n) is 15.8. The van der Waals surface area contributed by atoms with Gasteiger partial charge in [-0.25, -0.2) is 0 Å². The lowest BCUT2D eigenvalue weighted by molar-refractivity contribution is 0.0965. The summed E-state index contributed by atoms with van der Waals surface area (Å²) in [5.41, 5.74) is 3.08. The molecule has 28 heavy (non-hydrogen) atoms. The molecule has 0 saturated heterocycles. The van der Waals surface area contributed by atoms with Crippen molar-refractivity contribution < 1.29 is 9.53 Å². The second-order valence-electron chi connectivity index (χ2n) is 6.57. The molecule has 0 fully saturated rings. The van der Waals surface area contributed by atoms with Crippen LogP contribution in [0.2, 0.25) is 0 Å². The second-order valence-corrected chi connectivity index (χ2v) is 6.57. The number of carbonyl (C=O) groups excluding carboxylic acids is 1. The van der Waals surface area contributed by atoms with Gasteiger partial charge < -0.3 is 10.1 Å². The molecule has 5 nitrogen and oxygen atoms in total. The number of carbonyl (C=O) groups is 1. The Labute approximate surface area is 163 Å². The first-order chi connectivity index (χ1) is 13.7. The Bertz CT molecular complexity index is 1120. The minimum atomic E-state index is -0.563. The third-order valence-electron chi connectivity index (χ3n) is 4.77. The Morgan fingerprint density at radius 2 is 1.75 bits per heavy atom. The molecule has 0 aliphatic carbocycles. The van der Waals surface area contributed by atoms with Crippen LogP contribution in [0.3, 0.4) is 0 Å². The highest BCUT2D eigenvalue weighted by molar-refractivity contribution is 6.09. The number of hydrogen-bond donors (Lipinski definition) is 1. The maximum atomic E-state index is 13.6. The summed E-state index contributed by atoms with van der Waals surface area (Å²) in [6.45, 7) is 0. The molecule has 140 valence electrons. The quantitative estimate of drug-likeness (QED) is 0.503. The number of benzene rings is 3. The van der Waals surface area contributed by atoms with Crippen molar-refractivity contribution in [2.24, 2.45) is 7.05 Å². The summed E-state index contributed by atoms with van der Waals surface area (Å²) in [4.78, 5) is 13.6. The zero-order chi connectivity index (χ0) is 19.5. The van der Waals surface area contributed by atoms with Crippen LogP contribution in [0.5, 0.6) is 5.75 Å². The van der Waals surface area contributed by atoms with Gasteiger partial charge in [0, 0.05) is 24.2 Å². The van der Waals surface area contributed by atoms with Crippen LogP contribution in [0.1, 0.15) is 22.1 Å². The van der Waals surface area contributed by atoms with E-state index in [2.05, 4.69) is 10.4 Å². The number of Topliss-reactive ketones (excluding diaryl/α,β-unsaturated/α-hetero) is 1. The first kappa shape index (κ1) is 17.8. The summed E-state index contributed by atoms with van der Waals surface area (Å²) >= 11 is 0. The lowest BCUT2D eigenvalue weighted by Gasteiger charge is -2.19. The van der Waals surface area contributed by atoms with E-state index in [9.17, 15) is 4.79 Å². The third kappa shape index (κ3) is 3.34. The topological polar surface area (TPSA) is 56.1 Å². The number of anilines is 1. The number of nitrogens with one attached hydrogen (secondary N) is 1. The van der Waals surface area contributed by atoms with E-state index in [1.165, 1.54) is 0 Å². The summed E-state index contributed by atoms with van der Waals surface area (Å²) in [6, 6.07) is 24.5. The van der Waals surface area contributed by atoms with Gasteiger partial charge >= 0.3 is 0 Å². The predicted octanol–water partition coefficient (Wildman–Crippen LogP) is 4.62. The first-order valence-electron chi connectivity index (χ1n) is 9.09. The molecule has 1 N–H and O–H groups in total. The molecular formula is C23H21N3O2. The molecule has 1 unspecified atom stereocenters. The van der Waals surface area contributed by atoms with Crippen LogP contribution >= 0.6 is 0 Å². The molecule has 4 aromatic rings. The highest BCUT2D eigenvalue weighted by Crippen LogP contribution is 2.28. The van der Waals surface area contributed by atoms with Crippen LogP contribution < -0.4 is 10.1 Å². The highest BCUT2D eigenvalue weighted by Gasteiger charge is 2.26. The number of ether oxygens (including phenoxy) is 1. The van der Waals surface area contributed by atoms with Gasteiger partial charge in [-0.2, -0.15) is 5.10 Å². The molecule has 0 amide bonds. The van der Waals surface area contributed by atoms with Gasteiger partial charge in [-0.15, -0.1) is 0 Å². The van der Waals surface area contributed by atoms with E-state index in [0.717, 1.165) is 27.9 Å². The Morgan fingerprint density at radius 3 is 2.54 bits per heavy atom. The van der Waals surface area contributed by atoms with E-state index in [4.69, 9.17) is 4.74 Å². The molecule has 0 aliphatic heterocycles. The van der Waals surface area contributed by atoms with Gasteiger partial charge in [0.15, 0.2) is 0 Å². The summed E-state index contributed by atoms with van der Waals surface area (Å²) < 4.78 is 7.05. The second kappa shape index (κ2) is 7.56. The monoisotopic (exact) mass is 371 g/mol. The molecule has 3 aromatic carbocycles. The Morgan fingerprint density at radius 1 is 1.00 bits per heavy atom. The number of fused-ring (bicyclic) bond motifs is 1. The van der Waals surface area contributed by atoms with Crippen molar-refractivity contribution >= 4 is 22.4 Å². The number of aromatic nitrogens is 2. The number of methoxy groups -OCH3 is 1. The zero-order valence-corrected chi connectivity index (χ0v) is 15.8. The van der Waals surface area contributed by atoms with Crippen molar-refractivity contribution in [3.8, 4) is 5.75 Å². The Hall–Kier alpha value is -3.60. The van der Waals surface area contributed by atoms with Crippen molar-refractivity contribution in [1.29, 1.82) is 0 Å². The largest absolute Gasteiger partial charge is 0.497 e. The summed E-state index contributed by atoms with van der Waals surface area (Å²) in [5, 5.41) is 8.73. The Kier molecular flexibility index (Phi) is 4.81. The van der Waals surface area contributed by atoms with E-state index < -0.39 is 6.04 Å². The molecule has 5 heteroatoms. The van der Waals surface area contributed by atoms with Gasteiger partial charge in [-0.1, -0.05) is 54.6 Å². The average Bonchev–Trinajstić information content (AvgIpc) is 3.09. The molecule has 0 aliphatic rings. The Balaban J connectivity index is 1.77. The van der Waals surface area contributed by atoms with Crippen molar-refractivity contribution in [2.75, 3.05) is 12.4 Å². The lowest BCUT2D eigenvalue weighted by Crippen LogP contribution is -2.22. The SMILES string of the molecule is COc1cccc(NC(C(=O)c2nn(C)c3ccccc23)c2ccccc2)c1. The van der Waals surface area contributed by atoms with Gasteiger partial charge in [-0.3, -0.25) is 9.48 Å². The van der Waals surface area contributed by atoms with Crippen LogP contribution in [-0.2, 0) is 7.05 Å². The fourth-order valence-corrected chi connectivity index (χ4v) is 3.36. The normalized spacial score (nSPS) is 11.9. The molecule has 4 rings (SSSR count). The van der Waals surface area contributed by atoms with Gasteiger partial charge in [0.05, 0.1) is 12.6 Å². The standard InChI is InChI=1S/C23H21N3O2/c1-26-20-14-7-6-13-19(20)22(25-26)23(27)21(16-9-4-3-5-10-16)24-17-11-8-12-18(15-17)28-2/h3-15,21,24H,1-2H3. The molecule has 0 spiro atoms. The van der Waals surface area contributed by atoms with Crippen molar-refractivity contribution in [3.63, 3.8) is 0 Å². The maximum Gasteiger partial charge on any atom is 0.210 e. The first-order valence-corrected chi connectivity index (χ1v) is 9.09. The van der Waals surface area contributed by atoms with Gasteiger partial charge in [0.1, 0.15) is 17.5 Å². The fraction of sp³-hybridized carbons (Fsp3) is 0.130. The van der Waals surface area contributed by atoms with Crippen molar-refractivity contribution in [3.05, 3.63) is 90.1 Å². The van der Waals surface area contributed by atoms with Crippen molar-refractivity contribution in [1.82, 2.24) is 9.78 Å². The fourth-order valence-electron chi connectivity index (χ4n) is 3.36. The van der Waals surface area contributed by atoms with Crippen LogP contribution in [-0.4, -0.2) is 22.7 Å². The minimum Gasteiger partial charge on any atom is -0.497 e. The molecule has 1 atom stereocenters. The molecule has 1 heterocycles. The van der Waals surface area contributed by atoms with Gasteiger partial charge in [0.25, 0.3) is 0 Å². The number of ketones is 1. The molecule has 0 saturated carbocycles. The third-order valence-corrected chi connectivity index (χ3v) is 4.77. The van der Waals surface area contributed by atoms with E-state index in [1.54, 1.807) is 11.8 Å². The van der Waals surface area contributed by atoms with Gasteiger partial charge in [-0.05, 0) is 23.8 Å². The van der Waals surface area contributed by atoms with E-state index in [0.29, 0.717) is 5.69 Å². The predicted molar refractivity (Wildman–Crippen MR) is 111 cm³/mol. The number of rotatable bonds is 6. The molecule has 0 bridgehead atoms. The number of aryl methyl sites for hydroxylation is 1. The summed E-state index contributed by atoms with van der Waals surface area (Å²) in [5.74, 6) is 0.651. The lowest BCUT2D eigenvalue weighted by atomic mass is 9.98. The maximum absolute atomic E-state index is 13.6. The van der Waals surface area contributed by atoms with E-state index in [-0.39, 0.29) is 5.78 Å². The molecule has 0 radical (unpaired) electrons. The van der Waals surface area contributed by atoms with E-state index in [1.807, 2.05) is 85.9 Å². The molecule has 1 aromatic heterocycles. The highest BCUT2D eigenvalue weighted by atomic mass is 16.5. The van der Waals surface area contributed by atoms with Gasteiger partial charge in [0.2, 0.25) is 5.78 Å². The average molecular weight is 371 g/mol. The van der Waals surface area contributed by atoms with Crippen LogP contribution in [0.15, 0.2) is 78.9 Å². The van der Waals surface area contributed by atoms with Crippen LogP contribution in [0, 0.1) is 0 Å². The van der Waals surface area contributed by atoms with E-state index >= 15 is 0 Å². The number of para-hydroxylation sites is 1. The minimum absolute atomic E-state index is 0.0779. The number of hydrogen-bond acceptors (Lipinski definition) is 4. The smallest absolute Gasteiger partial charge is 0.210 e. The summed E-state index contributed by atoms with van der Waals surface area (Å²) in [7, 11) is 3.48. The number of nitrogens with zero attached hydrogens (tertiary/aromatic N) is 2.